The molecular weight excluding hydrogens is 252 g/mol. The molecule has 0 radical (unpaired) electrons. The van der Waals surface area contributed by atoms with Crippen LogP contribution in [0.25, 0.3) is 16.7 Å². The van der Waals surface area contributed by atoms with Gasteiger partial charge in [0.1, 0.15) is 12.0 Å². The van der Waals surface area contributed by atoms with Gasteiger partial charge in [0.25, 0.3) is 5.91 Å². The van der Waals surface area contributed by atoms with E-state index in [1.807, 2.05) is 40.9 Å². The molecule has 0 unspecified atom stereocenters. The molecule has 3 heterocycles. The first-order valence-corrected chi connectivity index (χ1v) is 6.22. The van der Waals surface area contributed by atoms with Crippen molar-refractivity contribution in [3.05, 3.63) is 66.9 Å². The Morgan fingerprint density at radius 2 is 1.95 bits per heavy atom. The number of aromatic nitrogens is 4. The van der Waals surface area contributed by atoms with E-state index in [0.717, 1.165) is 16.7 Å². The number of fused-ring (bicyclic) bond motifs is 2. The van der Waals surface area contributed by atoms with Crippen LogP contribution in [0.15, 0.2) is 61.3 Å². The van der Waals surface area contributed by atoms with E-state index >= 15 is 0 Å². The molecule has 1 aromatic carbocycles. The van der Waals surface area contributed by atoms with Crippen LogP contribution in [0, 0.1) is 0 Å². The molecule has 5 nitrogen and oxygen atoms in total. The van der Waals surface area contributed by atoms with Crippen molar-refractivity contribution in [2.45, 2.75) is 0 Å². The standard InChI is InChI=1S/C15H10N4O/c20-15(11-5-6-14-16-7-8-18(14)9-11)19-10-17-12-3-1-2-4-13(12)19/h1-10H. The number of pyridine rings is 1. The molecule has 0 fully saturated rings. The van der Waals surface area contributed by atoms with Gasteiger partial charge in [0.15, 0.2) is 0 Å². The zero-order valence-corrected chi connectivity index (χ0v) is 10.5. The number of carbonyl (C=O) groups is 1. The Labute approximate surface area is 114 Å². The van der Waals surface area contributed by atoms with E-state index in [-0.39, 0.29) is 5.91 Å². The van der Waals surface area contributed by atoms with Gasteiger partial charge in [0.05, 0.1) is 16.6 Å². The van der Waals surface area contributed by atoms with Gasteiger partial charge in [-0.2, -0.15) is 0 Å². The summed E-state index contributed by atoms with van der Waals surface area (Å²) in [5.41, 5.74) is 3.03. The molecular formula is C15H10N4O. The molecule has 0 atom stereocenters. The zero-order chi connectivity index (χ0) is 13.5. The Morgan fingerprint density at radius 1 is 1.05 bits per heavy atom. The van der Waals surface area contributed by atoms with Crippen LogP contribution >= 0.6 is 0 Å². The van der Waals surface area contributed by atoms with Crippen molar-refractivity contribution in [1.29, 1.82) is 0 Å². The molecule has 20 heavy (non-hydrogen) atoms. The summed E-state index contributed by atoms with van der Waals surface area (Å²) >= 11 is 0. The predicted molar refractivity (Wildman–Crippen MR) is 74.7 cm³/mol. The number of carbonyl (C=O) groups excluding carboxylic acids is 1. The lowest BCUT2D eigenvalue weighted by Gasteiger charge is -2.04. The topological polar surface area (TPSA) is 52.2 Å². The van der Waals surface area contributed by atoms with E-state index in [2.05, 4.69) is 9.97 Å². The van der Waals surface area contributed by atoms with E-state index in [4.69, 9.17) is 0 Å². The van der Waals surface area contributed by atoms with Crippen molar-refractivity contribution in [1.82, 2.24) is 18.9 Å². The summed E-state index contributed by atoms with van der Waals surface area (Å²) in [6.45, 7) is 0. The van der Waals surface area contributed by atoms with Crippen LogP contribution in [-0.2, 0) is 0 Å². The highest BCUT2D eigenvalue weighted by atomic mass is 16.2. The molecule has 0 aliphatic heterocycles. The lowest BCUT2D eigenvalue weighted by molar-refractivity contribution is 0.0964. The van der Waals surface area contributed by atoms with E-state index in [0.29, 0.717) is 5.56 Å². The van der Waals surface area contributed by atoms with Crippen molar-refractivity contribution in [2.24, 2.45) is 0 Å². The van der Waals surface area contributed by atoms with Crippen LogP contribution in [0.3, 0.4) is 0 Å². The minimum Gasteiger partial charge on any atom is -0.306 e. The summed E-state index contributed by atoms with van der Waals surface area (Å²) in [6.07, 6.45) is 6.86. The SMILES string of the molecule is O=C(c1ccc2nccn2c1)n1cnc2ccccc21. The maximum atomic E-state index is 12.6. The van der Waals surface area contributed by atoms with Crippen LogP contribution in [0.2, 0.25) is 0 Å². The smallest absolute Gasteiger partial charge is 0.265 e. The lowest BCUT2D eigenvalue weighted by Crippen LogP contribution is -2.11. The number of rotatable bonds is 1. The van der Waals surface area contributed by atoms with Gasteiger partial charge in [0.2, 0.25) is 0 Å². The Balaban J connectivity index is 1.86. The molecule has 96 valence electrons. The Morgan fingerprint density at radius 3 is 2.90 bits per heavy atom. The second kappa shape index (κ2) is 4.03. The van der Waals surface area contributed by atoms with Gasteiger partial charge in [-0.05, 0) is 24.3 Å². The fourth-order valence-corrected chi connectivity index (χ4v) is 2.31. The van der Waals surface area contributed by atoms with Crippen molar-refractivity contribution < 1.29 is 4.79 Å². The third-order valence-corrected chi connectivity index (χ3v) is 3.31. The average Bonchev–Trinajstić information content (AvgIpc) is 3.12. The Bertz CT molecular complexity index is 935. The minimum atomic E-state index is -0.102. The molecule has 0 bridgehead atoms. The summed E-state index contributed by atoms with van der Waals surface area (Å²) in [4.78, 5) is 21.0. The number of hydrogen-bond donors (Lipinski definition) is 0. The average molecular weight is 262 g/mol. The van der Waals surface area contributed by atoms with Crippen molar-refractivity contribution in [3.63, 3.8) is 0 Å². The number of nitrogens with zero attached hydrogens (tertiary/aromatic N) is 4. The summed E-state index contributed by atoms with van der Waals surface area (Å²) in [5.74, 6) is -0.102. The fourth-order valence-electron chi connectivity index (χ4n) is 2.31. The minimum absolute atomic E-state index is 0.102. The van der Waals surface area contributed by atoms with Gasteiger partial charge in [-0.1, -0.05) is 12.1 Å². The Kier molecular flexibility index (Phi) is 2.20. The van der Waals surface area contributed by atoms with Gasteiger partial charge < -0.3 is 4.40 Å². The molecule has 0 saturated carbocycles. The molecule has 4 rings (SSSR count). The predicted octanol–water partition coefficient (Wildman–Crippen LogP) is 2.37. The quantitative estimate of drug-likeness (QED) is 0.529. The van der Waals surface area contributed by atoms with Crippen LogP contribution in [0.1, 0.15) is 10.4 Å². The first-order chi connectivity index (χ1) is 9.83. The first kappa shape index (κ1) is 10.9. The van der Waals surface area contributed by atoms with Crippen molar-refractivity contribution >= 4 is 22.6 Å². The van der Waals surface area contributed by atoms with Crippen LogP contribution in [-0.4, -0.2) is 24.8 Å². The van der Waals surface area contributed by atoms with Crippen molar-refractivity contribution in [3.8, 4) is 0 Å². The monoisotopic (exact) mass is 262 g/mol. The van der Waals surface area contributed by atoms with Crippen LogP contribution in [0.5, 0.6) is 0 Å². The van der Waals surface area contributed by atoms with Gasteiger partial charge in [0, 0.05) is 18.6 Å². The number of benzene rings is 1. The van der Waals surface area contributed by atoms with E-state index in [9.17, 15) is 4.79 Å². The lowest BCUT2D eigenvalue weighted by atomic mass is 10.2. The largest absolute Gasteiger partial charge is 0.306 e. The second-order valence-corrected chi connectivity index (χ2v) is 4.52. The second-order valence-electron chi connectivity index (χ2n) is 4.52. The number of hydrogen-bond acceptors (Lipinski definition) is 3. The van der Waals surface area contributed by atoms with Gasteiger partial charge in [-0.3, -0.25) is 9.36 Å². The third kappa shape index (κ3) is 1.53. The highest BCUT2D eigenvalue weighted by molar-refractivity contribution is 6.01. The first-order valence-electron chi connectivity index (χ1n) is 6.22. The van der Waals surface area contributed by atoms with Gasteiger partial charge >= 0.3 is 0 Å². The highest BCUT2D eigenvalue weighted by Crippen LogP contribution is 2.14. The molecule has 3 aromatic heterocycles. The molecule has 0 saturated heterocycles. The van der Waals surface area contributed by atoms with Gasteiger partial charge in [-0.25, -0.2) is 9.97 Å². The zero-order valence-electron chi connectivity index (χ0n) is 10.5. The summed E-state index contributed by atoms with van der Waals surface area (Å²) in [7, 11) is 0. The third-order valence-electron chi connectivity index (χ3n) is 3.31. The summed E-state index contributed by atoms with van der Waals surface area (Å²) in [6, 6.07) is 11.2. The number of imidazole rings is 2. The van der Waals surface area contributed by atoms with Crippen LogP contribution in [0.4, 0.5) is 0 Å². The summed E-state index contributed by atoms with van der Waals surface area (Å²) < 4.78 is 3.39. The fraction of sp³-hybridized carbons (Fsp3) is 0. The Hall–Kier alpha value is -2.95. The van der Waals surface area contributed by atoms with E-state index in [1.54, 1.807) is 29.4 Å². The molecule has 0 spiro atoms. The molecule has 4 aromatic rings. The molecule has 0 amide bonds. The van der Waals surface area contributed by atoms with E-state index in [1.165, 1.54) is 0 Å². The maximum Gasteiger partial charge on any atom is 0.265 e. The molecule has 0 N–H and O–H groups in total. The van der Waals surface area contributed by atoms with Crippen molar-refractivity contribution in [2.75, 3.05) is 0 Å². The molecule has 0 aliphatic rings. The maximum absolute atomic E-state index is 12.6. The van der Waals surface area contributed by atoms with Crippen LogP contribution < -0.4 is 0 Å². The van der Waals surface area contributed by atoms with Gasteiger partial charge in [-0.15, -0.1) is 0 Å². The van der Waals surface area contributed by atoms with E-state index < -0.39 is 0 Å². The molecule has 5 heteroatoms. The normalized spacial score (nSPS) is 11.2. The molecule has 0 aliphatic carbocycles. The number of para-hydroxylation sites is 2. The summed E-state index contributed by atoms with van der Waals surface area (Å²) in [5, 5.41) is 0. The highest BCUT2D eigenvalue weighted by Gasteiger charge is 2.12.